The highest BCUT2D eigenvalue weighted by Crippen LogP contribution is 2.49. The summed E-state index contributed by atoms with van der Waals surface area (Å²) in [6, 6.07) is 10.3. The summed E-state index contributed by atoms with van der Waals surface area (Å²) in [5.41, 5.74) is 1.32. The van der Waals surface area contributed by atoms with Crippen molar-refractivity contribution < 1.29 is 14.7 Å². The molecule has 0 radical (unpaired) electrons. The zero-order valence-corrected chi connectivity index (χ0v) is 11.8. The molecule has 0 aliphatic heterocycles. The van der Waals surface area contributed by atoms with Gasteiger partial charge in [0.25, 0.3) is 0 Å². The van der Waals surface area contributed by atoms with Crippen LogP contribution in [-0.2, 0) is 9.59 Å². The third-order valence-corrected chi connectivity index (χ3v) is 3.90. The summed E-state index contributed by atoms with van der Waals surface area (Å²) in [4.78, 5) is 24.1. The minimum absolute atomic E-state index is 0.119. The van der Waals surface area contributed by atoms with Crippen LogP contribution in [0.1, 0.15) is 37.2 Å². The van der Waals surface area contributed by atoms with Crippen molar-refractivity contribution in [3.63, 3.8) is 0 Å². The quantitative estimate of drug-likeness (QED) is 0.831. The highest BCUT2D eigenvalue weighted by Gasteiger charge is 2.39. The number of benzene rings is 1. The summed E-state index contributed by atoms with van der Waals surface area (Å²) in [5.74, 6) is 0.287. The van der Waals surface area contributed by atoms with Gasteiger partial charge in [0.15, 0.2) is 0 Å². The Morgan fingerprint density at radius 3 is 2.65 bits per heavy atom. The van der Waals surface area contributed by atoms with Crippen LogP contribution in [0, 0.1) is 5.92 Å². The van der Waals surface area contributed by atoms with Crippen molar-refractivity contribution in [2.45, 2.75) is 31.6 Å². The molecule has 1 fully saturated rings. The molecule has 1 aromatic carbocycles. The van der Waals surface area contributed by atoms with Crippen LogP contribution >= 0.6 is 0 Å². The lowest BCUT2D eigenvalue weighted by Crippen LogP contribution is -2.28. The molecule has 1 N–H and O–H groups in total. The smallest absolute Gasteiger partial charge is 0.303 e. The van der Waals surface area contributed by atoms with E-state index < -0.39 is 5.97 Å². The number of carboxylic acids is 1. The molecular formula is C16H21NO3. The predicted molar refractivity (Wildman–Crippen MR) is 76.4 cm³/mol. The molecule has 1 saturated carbocycles. The maximum absolute atomic E-state index is 12.0. The Balaban J connectivity index is 1.72. The van der Waals surface area contributed by atoms with Gasteiger partial charge in [-0.05, 0) is 30.2 Å². The van der Waals surface area contributed by atoms with Gasteiger partial charge in [0.05, 0.1) is 0 Å². The molecule has 0 unspecified atom stereocenters. The zero-order chi connectivity index (χ0) is 14.5. The standard InChI is InChI=1S/C16H21NO3/c1-17(9-5-8-16(19)20)15(18)11-13-10-14(13)12-6-3-2-4-7-12/h2-4,6-7,13-14H,5,8-11H2,1H3,(H,19,20)/t13-,14-/m0/s1. The van der Waals surface area contributed by atoms with Gasteiger partial charge in [-0.2, -0.15) is 0 Å². The molecule has 0 heterocycles. The Bertz CT molecular complexity index is 472. The molecule has 0 spiro atoms. The van der Waals surface area contributed by atoms with Crippen LogP contribution in [0.5, 0.6) is 0 Å². The summed E-state index contributed by atoms with van der Waals surface area (Å²) < 4.78 is 0. The number of hydrogen-bond donors (Lipinski definition) is 1. The van der Waals surface area contributed by atoms with Crippen LogP contribution < -0.4 is 0 Å². The third-order valence-electron chi connectivity index (χ3n) is 3.90. The van der Waals surface area contributed by atoms with Crippen molar-refractivity contribution in [1.29, 1.82) is 0 Å². The second kappa shape index (κ2) is 6.55. The van der Waals surface area contributed by atoms with Crippen LogP contribution in [-0.4, -0.2) is 35.5 Å². The normalized spacial score (nSPS) is 20.4. The second-order valence-electron chi connectivity index (χ2n) is 5.53. The van der Waals surface area contributed by atoms with Gasteiger partial charge < -0.3 is 10.0 Å². The van der Waals surface area contributed by atoms with Crippen molar-refractivity contribution in [2.24, 2.45) is 5.92 Å². The Hall–Kier alpha value is -1.84. The fourth-order valence-electron chi connectivity index (χ4n) is 2.55. The van der Waals surface area contributed by atoms with Gasteiger partial charge in [0, 0.05) is 26.4 Å². The molecule has 1 aliphatic rings. The first-order chi connectivity index (χ1) is 9.58. The maximum atomic E-state index is 12.0. The molecule has 4 nitrogen and oxygen atoms in total. The van der Waals surface area contributed by atoms with E-state index >= 15 is 0 Å². The lowest BCUT2D eigenvalue weighted by molar-refractivity contribution is -0.138. The van der Waals surface area contributed by atoms with Crippen molar-refractivity contribution >= 4 is 11.9 Å². The molecule has 1 aliphatic carbocycles. The van der Waals surface area contributed by atoms with E-state index in [1.54, 1.807) is 11.9 Å². The van der Waals surface area contributed by atoms with Gasteiger partial charge in [-0.15, -0.1) is 0 Å². The number of carbonyl (C=O) groups excluding carboxylic acids is 1. The van der Waals surface area contributed by atoms with E-state index in [0.29, 0.717) is 31.2 Å². The van der Waals surface area contributed by atoms with Crippen LogP contribution in [0.4, 0.5) is 0 Å². The monoisotopic (exact) mass is 275 g/mol. The molecule has 20 heavy (non-hydrogen) atoms. The Labute approximate surface area is 119 Å². The largest absolute Gasteiger partial charge is 0.481 e. The minimum atomic E-state index is -0.808. The summed E-state index contributed by atoms with van der Waals surface area (Å²) in [5, 5.41) is 8.58. The van der Waals surface area contributed by atoms with Gasteiger partial charge in [-0.3, -0.25) is 9.59 Å². The summed E-state index contributed by atoms with van der Waals surface area (Å²) in [6.45, 7) is 0.522. The second-order valence-corrected chi connectivity index (χ2v) is 5.53. The SMILES string of the molecule is CN(CCCC(=O)O)C(=O)C[C@@H]1C[C@H]1c1ccccc1. The van der Waals surface area contributed by atoms with Crippen molar-refractivity contribution in [3.8, 4) is 0 Å². The Morgan fingerprint density at radius 1 is 1.30 bits per heavy atom. The van der Waals surface area contributed by atoms with E-state index in [1.807, 2.05) is 18.2 Å². The van der Waals surface area contributed by atoms with E-state index in [9.17, 15) is 9.59 Å². The fourth-order valence-corrected chi connectivity index (χ4v) is 2.55. The van der Waals surface area contributed by atoms with E-state index in [-0.39, 0.29) is 12.3 Å². The molecule has 108 valence electrons. The van der Waals surface area contributed by atoms with Crippen LogP contribution in [0.3, 0.4) is 0 Å². The van der Waals surface area contributed by atoms with Gasteiger partial charge in [0.1, 0.15) is 0 Å². The highest BCUT2D eigenvalue weighted by molar-refractivity contribution is 5.76. The molecule has 1 aromatic rings. The van der Waals surface area contributed by atoms with Crippen LogP contribution in [0.15, 0.2) is 30.3 Å². The summed E-state index contributed by atoms with van der Waals surface area (Å²) in [7, 11) is 1.75. The summed E-state index contributed by atoms with van der Waals surface area (Å²) >= 11 is 0. The van der Waals surface area contributed by atoms with Gasteiger partial charge in [-0.1, -0.05) is 30.3 Å². The number of carbonyl (C=O) groups is 2. The summed E-state index contributed by atoms with van der Waals surface area (Å²) in [6.07, 6.45) is 2.29. The van der Waals surface area contributed by atoms with Crippen molar-refractivity contribution in [2.75, 3.05) is 13.6 Å². The van der Waals surface area contributed by atoms with Gasteiger partial charge >= 0.3 is 5.97 Å². The predicted octanol–water partition coefficient (Wildman–Crippen LogP) is 2.50. The van der Waals surface area contributed by atoms with Crippen molar-refractivity contribution in [3.05, 3.63) is 35.9 Å². The lowest BCUT2D eigenvalue weighted by Gasteiger charge is -2.16. The number of carboxylic acid groups (broad SMARTS) is 1. The Morgan fingerprint density at radius 2 is 2.00 bits per heavy atom. The van der Waals surface area contributed by atoms with E-state index in [2.05, 4.69) is 12.1 Å². The molecule has 2 rings (SSSR count). The molecule has 0 aromatic heterocycles. The molecule has 1 amide bonds. The number of aliphatic carboxylic acids is 1. The number of nitrogens with zero attached hydrogens (tertiary/aromatic N) is 1. The Kier molecular flexibility index (Phi) is 4.77. The number of amides is 1. The van der Waals surface area contributed by atoms with Gasteiger partial charge in [-0.25, -0.2) is 0 Å². The van der Waals surface area contributed by atoms with Gasteiger partial charge in [0.2, 0.25) is 5.91 Å². The first kappa shape index (κ1) is 14.6. The molecule has 0 bridgehead atoms. The van der Waals surface area contributed by atoms with Crippen LogP contribution in [0.2, 0.25) is 0 Å². The minimum Gasteiger partial charge on any atom is -0.481 e. The molecule has 4 heteroatoms. The van der Waals surface area contributed by atoms with E-state index in [0.717, 1.165) is 6.42 Å². The first-order valence-electron chi connectivity index (χ1n) is 7.08. The van der Waals surface area contributed by atoms with Crippen molar-refractivity contribution in [1.82, 2.24) is 4.90 Å². The zero-order valence-electron chi connectivity index (χ0n) is 11.8. The average molecular weight is 275 g/mol. The molecular weight excluding hydrogens is 254 g/mol. The topological polar surface area (TPSA) is 57.6 Å². The lowest BCUT2D eigenvalue weighted by atomic mass is 10.1. The molecule has 2 atom stereocenters. The number of rotatable bonds is 7. The average Bonchev–Trinajstić information content (AvgIpc) is 3.18. The van der Waals surface area contributed by atoms with E-state index in [1.165, 1.54) is 5.56 Å². The maximum Gasteiger partial charge on any atom is 0.303 e. The highest BCUT2D eigenvalue weighted by atomic mass is 16.4. The van der Waals surface area contributed by atoms with E-state index in [4.69, 9.17) is 5.11 Å². The first-order valence-corrected chi connectivity index (χ1v) is 7.08. The fraction of sp³-hybridized carbons (Fsp3) is 0.500. The molecule has 0 saturated heterocycles. The third kappa shape index (κ3) is 4.08. The number of hydrogen-bond acceptors (Lipinski definition) is 2. The van der Waals surface area contributed by atoms with Crippen LogP contribution in [0.25, 0.3) is 0 Å².